The minimum atomic E-state index is -4.31. The van der Waals surface area contributed by atoms with Crippen molar-refractivity contribution in [1.29, 1.82) is 0 Å². The van der Waals surface area contributed by atoms with Crippen LogP contribution in [0.5, 0.6) is 0 Å². The number of halogens is 3. The summed E-state index contributed by atoms with van der Waals surface area (Å²) >= 11 is 0. The zero-order valence-electron chi connectivity index (χ0n) is 10.8. The van der Waals surface area contributed by atoms with Crippen LogP contribution in [0.25, 0.3) is 0 Å². The summed E-state index contributed by atoms with van der Waals surface area (Å²) in [7, 11) is 0. The van der Waals surface area contributed by atoms with Gasteiger partial charge in [-0.15, -0.1) is 0 Å². The molecule has 0 fully saturated rings. The third-order valence-electron chi connectivity index (χ3n) is 2.97. The number of hydrogen-bond donors (Lipinski definition) is 0. The Morgan fingerprint density at radius 1 is 1.26 bits per heavy atom. The summed E-state index contributed by atoms with van der Waals surface area (Å²) in [4.78, 5) is 3.88. The van der Waals surface area contributed by atoms with E-state index in [0.29, 0.717) is 17.7 Å². The third kappa shape index (κ3) is 3.16. The van der Waals surface area contributed by atoms with E-state index in [2.05, 4.69) is 4.98 Å². The van der Waals surface area contributed by atoms with E-state index in [0.717, 1.165) is 0 Å². The zero-order valence-corrected chi connectivity index (χ0v) is 10.8. The van der Waals surface area contributed by atoms with Gasteiger partial charge in [0.15, 0.2) is 0 Å². The van der Waals surface area contributed by atoms with Gasteiger partial charge in [0.25, 0.3) is 0 Å². The number of alkyl halides is 3. The molecule has 0 saturated heterocycles. The number of nitrogens with zero attached hydrogens (tertiary/aromatic N) is 2. The Balaban J connectivity index is 2.38. The van der Waals surface area contributed by atoms with E-state index in [1.54, 1.807) is 49.3 Å². The van der Waals surface area contributed by atoms with Gasteiger partial charge in [-0.3, -0.25) is 0 Å². The number of aromatic nitrogens is 2. The summed E-state index contributed by atoms with van der Waals surface area (Å²) in [6.07, 6.45) is 0.602. The summed E-state index contributed by atoms with van der Waals surface area (Å²) in [5.74, 6) is -0.154. The Morgan fingerprint density at radius 3 is 2.53 bits per heavy atom. The predicted octanol–water partition coefficient (Wildman–Crippen LogP) is 4.07. The maximum absolute atomic E-state index is 13.0. The van der Waals surface area contributed by atoms with Gasteiger partial charge in [0, 0.05) is 18.9 Å². The lowest BCUT2D eigenvalue weighted by atomic mass is 9.95. The normalized spacial score (nSPS) is 12.1. The van der Waals surface area contributed by atoms with E-state index in [1.807, 2.05) is 0 Å². The van der Waals surface area contributed by atoms with Gasteiger partial charge in [-0.25, -0.2) is 4.98 Å². The third-order valence-corrected chi connectivity index (χ3v) is 2.97. The van der Waals surface area contributed by atoms with Crippen LogP contribution >= 0.6 is 0 Å². The van der Waals surface area contributed by atoms with Crippen LogP contribution in [0.2, 0.25) is 0 Å². The highest BCUT2D eigenvalue weighted by atomic mass is 19.4. The van der Waals surface area contributed by atoms with Crippen LogP contribution in [0.3, 0.4) is 0 Å². The second kappa shape index (κ2) is 5.07. The molecule has 0 spiro atoms. The fourth-order valence-corrected chi connectivity index (χ4v) is 2.04. The lowest BCUT2D eigenvalue weighted by Gasteiger charge is -2.17. The molecule has 1 heterocycles. The highest BCUT2D eigenvalue weighted by molar-refractivity contribution is 5.36. The lowest BCUT2D eigenvalue weighted by molar-refractivity contribution is -0.138. The smallest absolute Gasteiger partial charge is 0.333 e. The molecule has 0 aliphatic carbocycles. The predicted molar refractivity (Wildman–Crippen MR) is 66.9 cm³/mol. The summed E-state index contributed by atoms with van der Waals surface area (Å²) < 4.78 is 40.9. The van der Waals surface area contributed by atoms with Gasteiger partial charge in [0.2, 0.25) is 0 Å². The van der Waals surface area contributed by atoms with E-state index in [9.17, 15) is 13.2 Å². The minimum Gasteiger partial charge on any atom is -0.333 e. The van der Waals surface area contributed by atoms with E-state index < -0.39 is 11.7 Å². The van der Waals surface area contributed by atoms with Crippen molar-refractivity contribution in [3.63, 3.8) is 0 Å². The summed E-state index contributed by atoms with van der Waals surface area (Å²) in [6.45, 7) is 3.92. The molecule has 0 N–H and O–H groups in total. The molecule has 5 heteroatoms. The Kier molecular flexibility index (Phi) is 3.64. The highest BCUT2D eigenvalue weighted by Crippen LogP contribution is 2.35. The van der Waals surface area contributed by atoms with Gasteiger partial charge < -0.3 is 4.57 Å². The second-order valence-corrected chi connectivity index (χ2v) is 4.81. The van der Waals surface area contributed by atoms with Crippen LogP contribution in [0, 0.1) is 0 Å². The maximum atomic E-state index is 13.0. The highest BCUT2D eigenvalue weighted by Gasteiger charge is 2.34. The van der Waals surface area contributed by atoms with Crippen molar-refractivity contribution in [3.05, 3.63) is 53.6 Å². The molecule has 0 unspecified atom stereocenters. The number of imidazole rings is 1. The molecule has 2 aromatic rings. The number of benzene rings is 1. The molecular formula is C14H15F3N2. The maximum Gasteiger partial charge on any atom is 0.416 e. The molecule has 2 nitrogen and oxygen atoms in total. The Hall–Kier alpha value is -1.78. The van der Waals surface area contributed by atoms with Crippen LogP contribution in [-0.2, 0) is 12.7 Å². The molecule has 0 saturated carbocycles. The largest absolute Gasteiger partial charge is 0.416 e. The Bertz CT molecular complexity index is 542. The van der Waals surface area contributed by atoms with E-state index in [1.165, 1.54) is 6.07 Å². The van der Waals surface area contributed by atoms with Crippen molar-refractivity contribution in [2.45, 2.75) is 32.5 Å². The Morgan fingerprint density at radius 2 is 2.00 bits per heavy atom. The van der Waals surface area contributed by atoms with Crippen molar-refractivity contribution >= 4 is 0 Å². The van der Waals surface area contributed by atoms with Crippen LogP contribution in [0.4, 0.5) is 13.2 Å². The van der Waals surface area contributed by atoms with E-state index >= 15 is 0 Å². The first-order chi connectivity index (χ1) is 8.88. The SMILES string of the molecule is CC(C)c1ccc(Cn2ccnc2)cc1C(F)(F)F. The van der Waals surface area contributed by atoms with Crippen molar-refractivity contribution in [2.24, 2.45) is 0 Å². The lowest BCUT2D eigenvalue weighted by Crippen LogP contribution is -2.11. The quantitative estimate of drug-likeness (QED) is 0.820. The first kappa shape index (κ1) is 13.6. The molecule has 0 aliphatic heterocycles. The number of hydrogen-bond acceptors (Lipinski definition) is 1. The fraction of sp³-hybridized carbons (Fsp3) is 0.357. The van der Waals surface area contributed by atoms with E-state index in [-0.39, 0.29) is 5.92 Å². The molecule has 0 aliphatic rings. The van der Waals surface area contributed by atoms with Crippen LogP contribution in [-0.4, -0.2) is 9.55 Å². The molecule has 19 heavy (non-hydrogen) atoms. The van der Waals surface area contributed by atoms with Crippen molar-refractivity contribution in [1.82, 2.24) is 9.55 Å². The Labute approximate surface area is 109 Å². The summed E-state index contributed by atoms with van der Waals surface area (Å²) in [5.41, 5.74) is 0.414. The molecule has 0 atom stereocenters. The van der Waals surface area contributed by atoms with E-state index in [4.69, 9.17) is 0 Å². The van der Waals surface area contributed by atoms with Crippen molar-refractivity contribution in [3.8, 4) is 0 Å². The van der Waals surface area contributed by atoms with Crippen LogP contribution in [0.1, 0.15) is 36.5 Å². The molecule has 102 valence electrons. The summed E-state index contributed by atoms with van der Waals surface area (Å²) in [6, 6.07) is 4.54. The standard InChI is InChI=1S/C14H15F3N2/c1-10(2)12-4-3-11(7-13(12)14(15,16)17)8-19-6-5-18-9-19/h3-7,9-10H,8H2,1-2H3. The summed E-state index contributed by atoms with van der Waals surface area (Å²) in [5, 5.41) is 0. The van der Waals surface area contributed by atoms with Gasteiger partial charge in [0.05, 0.1) is 11.9 Å². The monoisotopic (exact) mass is 268 g/mol. The van der Waals surface area contributed by atoms with Gasteiger partial charge in [-0.05, 0) is 23.1 Å². The average molecular weight is 268 g/mol. The fourth-order valence-electron chi connectivity index (χ4n) is 2.04. The van der Waals surface area contributed by atoms with Gasteiger partial charge in [-0.1, -0.05) is 26.0 Å². The van der Waals surface area contributed by atoms with Crippen LogP contribution in [0.15, 0.2) is 36.9 Å². The van der Waals surface area contributed by atoms with Crippen molar-refractivity contribution in [2.75, 3.05) is 0 Å². The van der Waals surface area contributed by atoms with Gasteiger partial charge in [-0.2, -0.15) is 13.2 Å². The molecule has 2 rings (SSSR count). The van der Waals surface area contributed by atoms with Gasteiger partial charge in [0.1, 0.15) is 0 Å². The van der Waals surface area contributed by atoms with Gasteiger partial charge >= 0.3 is 6.18 Å². The molecule has 0 amide bonds. The zero-order chi connectivity index (χ0) is 14.0. The molecule has 0 bridgehead atoms. The first-order valence-corrected chi connectivity index (χ1v) is 6.03. The average Bonchev–Trinajstić information content (AvgIpc) is 2.80. The second-order valence-electron chi connectivity index (χ2n) is 4.81. The molecular weight excluding hydrogens is 253 g/mol. The molecule has 1 aromatic carbocycles. The first-order valence-electron chi connectivity index (χ1n) is 6.03. The van der Waals surface area contributed by atoms with Crippen LogP contribution < -0.4 is 0 Å². The number of rotatable bonds is 3. The molecule has 1 aromatic heterocycles. The minimum absolute atomic E-state index is 0.154. The topological polar surface area (TPSA) is 17.8 Å². The van der Waals surface area contributed by atoms with Crippen molar-refractivity contribution < 1.29 is 13.2 Å². The molecule has 0 radical (unpaired) electrons.